The van der Waals surface area contributed by atoms with E-state index in [4.69, 9.17) is 4.74 Å². The molecule has 1 fully saturated rings. The molecule has 2 aromatic heterocycles. The number of nitrogens with zero attached hydrogens (tertiary/aromatic N) is 3. The second-order valence-corrected chi connectivity index (χ2v) is 12.9. The van der Waals surface area contributed by atoms with Crippen LogP contribution < -0.4 is 16.0 Å². The van der Waals surface area contributed by atoms with Crippen LogP contribution in [0.15, 0.2) is 59.7 Å². The lowest BCUT2D eigenvalue weighted by Crippen LogP contribution is -2.59. The maximum absolute atomic E-state index is 13.5. The molecule has 0 spiro atoms. The Morgan fingerprint density at radius 3 is 2.35 bits per heavy atom. The highest BCUT2D eigenvalue weighted by Crippen LogP contribution is 2.25. The summed E-state index contributed by atoms with van der Waals surface area (Å²) in [7, 11) is 0. The Morgan fingerprint density at radius 2 is 1.72 bits per heavy atom. The molecule has 0 radical (unpaired) electrons. The number of imidazole rings is 1. The molecule has 4 amide bonds. The quantitative estimate of drug-likeness (QED) is 0.317. The fourth-order valence-electron chi connectivity index (χ4n) is 4.75. The monoisotopic (exact) mass is 608 g/mol. The van der Waals surface area contributed by atoms with Crippen molar-refractivity contribution in [3.8, 4) is 0 Å². The molecule has 1 aromatic carbocycles. The van der Waals surface area contributed by atoms with Crippen molar-refractivity contribution in [3.63, 3.8) is 0 Å². The number of ether oxygens (including phenoxy) is 1. The minimum atomic E-state index is -1.37. The molecule has 0 bridgehead atoms. The van der Waals surface area contributed by atoms with Crippen LogP contribution >= 0.6 is 11.3 Å². The number of alkyl carbamates (subject to hydrolysis) is 1. The molecular formula is C31H40N6O5S. The Morgan fingerprint density at radius 1 is 1.02 bits per heavy atom. The van der Waals surface area contributed by atoms with Crippen LogP contribution in [0.5, 0.6) is 0 Å². The third-order valence-corrected chi connectivity index (χ3v) is 7.67. The molecule has 1 saturated heterocycles. The van der Waals surface area contributed by atoms with Gasteiger partial charge in [-0.3, -0.25) is 14.4 Å². The van der Waals surface area contributed by atoms with Crippen molar-refractivity contribution in [2.45, 2.75) is 77.1 Å². The van der Waals surface area contributed by atoms with Crippen LogP contribution in [-0.2, 0) is 25.5 Å². The highest BCUT2D eigenvalue weighted by molar-refractivity contribution is 7.07. The molecule has 12 heteroatoms. The summed E-state index contributed by atoms with van der Waals surface area (Å²) in [5.41, 5.74) is -0.415. The van der Waals surface area contributed by atoms with E-state index < -0.39 is 41.1 Å². The summed E-state index contributed by atoms with van der Waals surface area (Å²) in [5, 5.41) is 12.0. The van der Waals surface area contributed by atoms with E-state index in [1.807, 2.05) is 52.1 Å². The molecule has 0 saturated carbocycles. The molecule has 3 N–H and O–H groups in total. The smallest absolute Gasteiger partial charge is 0.408 e. The van der Waals surface area contributed by atoms with Gasteiger partial charge in [0.15, 0.2) is 5.82 Å². The fraction of sp³-hybridized carbons (Fsp3) is 0.452. The molecule has 11 nitrogen and oxygen atoms in total. The van der Waals surface area contributed by atoms with Gasteiger partial charge in [-0.25, -0.2) is 9.78 Å². The zero-order valence-electron chi connectivity index (χ0n) is 25.3. The SMILES string of the molecule is CC(C)(C)OC(=O)NC(C)(C)C(=O)N[C@H](Cc1ccsc1)C(=O)Nc1cn(C(C(=O)N2CCCC2)c2ccccc2)cn1. The maximum Gasteiger partial charge on any atom is 0.408 e. The molecule has 0 aliphatic carbocycles. The van der Waals surface area contributed by atoms with E-state index in [0.29, 0.717) is 13.1 Å². The van der Waals surface area contributed by atoms with Crippen molar-refractivity contribution in [1.29, 1.82) is 0 Å². The normalized spacial score (nSPS) is 15.0. The van der Waals surface area contributed by atoms with Crippen molar-refractivity contribution in [3.05, 3.63) is 70.8 Å². The van der Waals surface area contributed by atoms with Gasteiger partial charge < -0.3 is 30.2 Å². The molecule has 1 unspecified atom stereocenters. The van der Waals surface area contributed by atoms with Crippen LogP contribution in [0.25, 0.3) is 0 Å². The van der Waals surface area contributed by atoms with Crippen molar-refractivity contribution in [2.24, 2.45) is 0 Å². The van der Waals surface area contributed by atoms with E-state index in [1.54, 1.807) is 31.5 Å². The van der Waals surface area contributed by atoms with E-state index in [9.17, 15) is 19.2 Å². The molecule has 3 aromatic rings. The summed E-state index contributed by atoms with van der Waals surface area (Å²) in [6, 6.07) is 9.75. The van der Waals surface area contributed by atoms with Gasteiger partial charge in [0, 0.05) is 25.7 Å². The largest absolute Gasteiger partial charge is 0.444 e. The van der Waals surface area contributed by atoms with E-state index in [0.717, 1.165) is 24.0 Å². The van der Waals surface area contributed by atoms with Gasteiger partial charge in [0.25, 0.3) is 0 Å². The average Bonchev–Trinajstić information content (AvgIpc) is 3.71. The van der Waals surface area contributed by atoms with Gasteiger partial charge in [-0.15, -0.1) is 0 Å². The highest BCUT2D eigenvalue weighted by atomic mass is 32.1. The third-order valence-electron chi connectivity index (χ3n) is 6.94. The number of hydrogen-bond acceptors (Lipinski definition) is 7. The van der Waals surface area contributed by atoms with E-state index in [-0.39, 0.29) is 18.1 Å². The zero-order chi connectivity index (χ0) is 31.2. The first-order valence-electron chi connectivity index (χ1n) is 14.3. The first-order chi connectivity index (χ1) is 20.3. The van der Waals surface area contributed by atoms with Crippen LogP contribution in [0.4, 0.5) is 10.6 Å². The molecule has 1 aliphatic rings. The Balaban J connectivity index is 1.51. The van der Waals surface area contributed by atoms with Crippen LogP contribution in [0.2, 0.25) is 0 Å². The van der Waals surface area contributed by atoms with E-state index in [1.165, 1.54) is 31.5 Å². The van der Waals surface area contributed by atoms with Crippen molar-refractivity contribution < 1.29 is 23.9 Å². The summed E-state index contributed by atoms with van der Waals surface area (Å²) in [4.78, 5) is 59.0. The fourth-order valence-corrected chi connectivity index (χ4v) is 5.43. The van der Waals surface area contributed by atoms with Gasteiger partial charge in [-0.2, -0.15) is 11.3 Å². The number of likely N-dealkylation sites (tertiary alicyclic amines) is 1. The average molecular weight is 609 g/mol. The standard InChI is InChI=1S/C31H40N6O5S/c1-30(2,3)42-29(41)35-31(4,5)28(40)33-23(17-21-13-16-43-19-21)26(38)34-24-18-37(20-32-24)25(22-11-7-6-8-12-22)27(39)36-14-9-10-15-36/h6-8,11-13,16,18-20,23,25H,9-10,14-15,17H2,1-5H3,(H,33,40)(H,34,38)(H,35,41)/t23-,25?/m1/s1. The Labute approximate surface area is 256 Å². The predicted molar refractivity (Wildman–Crippen MR) is 165 cm³/mol. The minimum Gasteiger partial charge on any atom is -0.444 e. The predicted octanol–water partition coefficient (Wildman–Crippen LogP) is 4.13. The van der Waals surface area contributed by atoms with Crippen molar-refractivity contribution in [1.82, 2.24) is 25.1 Å². The summed E-state index contributed by atoms with van der Waals surface area (Å²) in [6.07, 6.45) is 4.58. The van der Waals surface area contributed by atoms with Crippen LogP contribution in [0.3, 0.4) is 0 Å². The zero-order valence-corrected chi connectivity index (χ0v) is 26.1. The number of aromatic nitrogens is 2. The molecule has 43 heavy (non-hydrogen) atoms. The summed E-state index contributed by atoms with van der Waals surface area (Å²) in [5.74, 6) is -0.822. The van der Waals surface area contributed by atoms with Gasteiger partial charge in [-0.05, 0) is 75.4 Å². The van der Waals surface area contributed by atoms with Gasteiger partial charge in [0.1, 0.15) is 23.2 Å². The van der Waals surface area contributed by atoms with E-state index >= 15 is 0 Å². The second kappa shape index (κ2) is 13.4. The van der Waals surface area contributed by atoms with Crippen molar-refractivity contribution in [2.75, 3.05) is 18.4 Å². The Bertz CT molecular complexity index is 1410. The number of hydrogen-bond donors (Lipinski definition) is 3. The Kier molecular flexibility index (Phi) is 9.90. The summed E-state index contributed by atoms with van der Waals surface area (Å²) in [6.45, 7) is 9.68. The molecule has 230 valence electrons. The topological polar surface area (TPSA) is 135 Å². The number of benzene rings is 1. The number of amides is 4. The van der Waals surface area contributed by atoms with Gasteiger partial charge in [-0.1, -0.05) is 30.3 Å². The van der Waals surface area contributed by atoms with Gasteiger partial charge in [0.05, 0.1) is 6.33 Å². The third kappa shape index (κ3) is 8.66. The minimum absolute atomic E-state index is 0.0266. The summed E-state index contributed by atoms with van der Waals surface area (Å²) >= 11 is 1.48. The maximum atomic E-state index is 13.5. The van der Waals surface area contributed by atoms with Crippen LogP contribution in [0, 0.1) is 0 Å². The first kappa shape index (κ1) is 31.7. The van der Waals surface area contributed by atoms with Crippen molar-refractivity contribution >= 4 is 41.0 Å². The second-order valence-electron chi connectivity index (χ2n) is 12.2. The molecule has 2 atom stereocenters. The van der Waals surface area contributed by atoms with Gasteiger partial charge >= 0.3 is 6.09 Å². The van der Waals surface area contributed by atoms with E-state index in [2.05, 4.69) is 20.9 Å². The molecule has 4 rings (SSSR count). The number of anilines is 1. The number of nitrogens with one attached hydrogen (secondary N) is 3. The lowest BCUT2D eigenvalue weighted by Gasteiger charge is -2.29. The number of thiophene rings is 1. The highest BCUT2D eigenvalue weighted by Gasteiger charge is 2.35. The molecular weight excluding hydrogens is 568 g/mol. The summed E-state index contributed by atoms with van der Waals surface area (Å²) < 4.78 is 7.00. The van der Waals surface area contributed by atoms with Gasteiger partial charge in [0.2, 0.25) is 17.7 Å². The number of carbonyl (C=O) groups is 4. The Hall–Kier alpha value is -4.19. The number of carbonyl (C=O) groups excluding carboxylic acids is 4. The molecule has 3 heterocycles. The lowest BCUT2D eigenvalue weighted by molar-refractivity contribution is -0.132. The number of rotatable bonds is 10. The van der Waals surface area contributed by atoms with Crippen LogP contribution in [-0.4, -0.2) is 68.5 Å². The molecule has 1 aliphatic heterocycles. The first-order valence-corrected chi connectivity index (χ1v) is 15.3. The lowest BCUT2D eigenvalue weighted by atomic mass is 10.0. The van der Waals surface area contributed by atoms with Crippen LogP contribution in [0.1, 0.15) is 64.6 Å².